The first kappa shape index (κ1) is 29.1. The Bertz CT molecular complexity index is 2630. The van der Waals surface area contributed by atoms with E-state index in [-0.39, 0.29) is 6.04 Å². The maximum absolute atomic E-state index is 5.27. The lowest BCUT2D eigenvalue weighted by atomic mass is 9.94. The molecule has 8 aromatic rings. The van der Waals surface area contributed by atoms with E-state index in [0.717, 1.165) is 35.0 Å². The fraction of sp³-hybridized carbons (Fsp3) is 0.114. The van der Waals surface area contributed by atoms with E-state index in [0.29, 0.717) is 17.6 Å². The third-order valence-corrected chi connectivity index (χ3v) is 9.70. The predicted molar refractivity (Wildman–Crippen MR) is 204 cm³/mol. The minimum atomic E-state index is 0.136. The summed E-state index contributed by atoms with van der Waals surface area (Å²) in [6.45, 7) is 4.18. The fourth-order valence-electron chi connectivity index (χ4n) is 7.60. The molecular weight excluding hydrogens is 599 g/mol. The van der Waals surface area contributed by atoms with Crippen molar-refractivity contribution in [2.24, 2.45) is 0 Å². The number of nitrogens with zero attached hydrogens (tertiary/aromatic N) is 5. The number of para-hydroxylation sites is 2. The SMILES string of the molecule is C/C=C\C(=C/CC)c1nc(-c2ccccc2)nc(-n2c3ccccc3c3ccc4c5ccccc5n(C5C=Cc6ccccc6C5)c4c32)n1. The summed E-state index contributed by atoms with van der Waals surface area (Å²) in [6, 6.07) is 41.1. The van der Waals surface area contributed by atoms with Crippen LogP contribution in [-0.2, 0) is 6.42 Å². The minimum absolute atomic E-state index is 0.136. The third-order valence-electron chi connectivity index (χ3n) is 9.70. The highest BCUT2D eigenvalue weighted by Gasteiger charge is 2.26. The van der Waals surface area contributed by atoms with Gasteiger partial charge in [-0.25, -0.2) is 4.98 Å². The van der Waals surface area contributed by atoms with Gasteiger partial charge in [0, 0.05) is 38.2 Å². The van der Waals surface area contributed by atoms with Crippen molar-refractivity contribution in [2.45, 2.75) is 32.7 Å². The van der Waals surface area contributed by atoms with Crippen molar-refractivity contribution >= 4 is 55.3 Å². The average molecular weight is 634 g/mol. The first-order valence-corrected chi connectivity index (χ1v) is 17.1. The molecule has 1 unspecified atom stereocenters. The number of hydrogen-bond donors (Lipinski definition) is 0. The molecule has 236 valence electrons. The molecule has 9 rings (SSSR count). The lowest BCUT2D eigenvalue weighted by Crippen LogP contribution is -2.14. The summed E-state index contributed by atoms with van der Waals surface area (Å²) >= 11 is 0. The van der Waals surface area contributed by atoms with Gasteiger partial charge in [0.1, 0.15) is 0 Å². The number of allylic oxidation sites excluding steroid dienone is 5. The summed E-state index contributed by atoms with van der Waals surface area (Å²) in [7, 11) is 0. The highest BCUT2D eigenvalue weighted by Crippen LogP contribution is 2.43. The zero-order valence-electron chi connectivity index (χ0n) is 27.6. The Hall–Kier alpha value is -6.07. The van der Waals surface area contributed by atoms with Crippen LogP contribution in [-0.4, -0.2) is 24.1 Å². The molecule has 0 N–H and O–H groups in total. The molecule has 0 aliphatic heterocycles. The van der Waals surface area contributed by atoms with Crippen LogP contribution < -0.4 is 0 Å². The van der Waals surface area contributed by atoms with Crippen LogP contribution in [0.2, 0.25) is 0 Å². The van der Waals surface area contributed by atoms with Crippen LogP contribution in [0.5, 0.6) is 0 Å². The van der Waals surface area contributed by atoms with Gasteiger partial charge < -0.3 is 4.57 Å². The molecule has 1 aliphatic rings. The fourth-order valence-corrected chi connectivity index (χ4v) is 7.60. The zero-order valence-corrected chi connectivity index (χ0v) is 27.6. The minimum Gasteiger partial charge on any atom is -0.331 e. The van der Waals surface area contributed by atoms with Crippen molar-refractivity contribution in [3.8, 4) is 17.3 Å². The lowest BCUT2D eigenvalue weighted by molar-refractivity contribution is 0.636. The van der Waals surface area contributed by atoms with E-state index in [4.69, 9.17) is 15.0 Å². The highest BCUT2D eigenvalue weighted by atomic mass is 15.2. The van der Waals surface area contributed by atoms with Gasteiger partial charge in [-0.15, -0.1) is 0 Å². The lowest BCUT2D eigenvalue weighted by Gasteiger charge is -2.23. The average Bonchev–Trinajstić information content (AvgIpc) is 3.68. The normalized spacial score (nSPS) is 14.9. The first-order valence-electron chi connectivity index (χ1n) is 17.1. The van der Waals surface area contributed by atoms with Gasteiger partial charge in [0.05, 0.1) is 22.6 Å². The number of hydrogen-bond acceptors (Lipinski definition) is 3. The molecule has 0 saturated heterocycles. The smallest absolute Gasteiger partial charge is 0.238 e. The van der Waals surface area contributed by atoms with Gasteiger partial charge in [-0.2, -0.15) is 9.97 Å². The summed E-state index contributed by atoms with van der Waals surface area (Å²) in [5.41, 5.74) is 9.17. The van der Waals surface area contributed by atoms with Crippen molar-refractivity contribution in [1.29, 1.82) is 0 Å². The monoisotopic (exact) mass is 633 g/mol. The topological polar surface area (TPSA) is 48.5 Å². The summed E-state index contributed by atoms with van der Waals surface area (Å²) < 4.78 is 4.83. The quantitative estimate of drug-likeness (QED) is 0.171. The summed E-state index contributed by atoms with van der Waals surface area (Å²) in [5.74, 6) is 1.92. The Labute approximate surface area is 285 Å². The van der Waals surface area contributed by atoms with Crippen LogP contribution in [0.1, 0.15) is 43.3 Å². The molecule has 3 heterocycles. The van der Waals surface area contributed by atoms with Crippen molar-refractivity contribution in [3.05, 3.63) is 157 Å². The van der Waals surface area contributed by atoms with Gasteiger partial charge in [0.2, 0.25) is 5.95 Å². The van der Waals surface area contributed by atoms with Gasteiger partial charge in [-0.3, -0.25) is 4.57 Å². The molecule has 0 radical (unpaired) electrons. The molecule has 0 fully saturated rings. The molecule has 5 nitrogen and oxygen atoms in total. The van der Waals surface area contributed by atoms with Crippen LogP contribution in [0.3, 0.4) is 0 Å². The third kappa shape index (κ3) is 4.73. The second kappa shape index (κ2) is 11.9. The molecule has 5 heteroatoms. The largest absolute Gasteiger partial charge is 0.331 e. The molecule has 1 atom stereocenters. The Balaban J connectivity index is 1.42. The zero-order chi connectivity index (χ0) is 32.9. The Morgan fingerprint density at radius 1 is 0.714 bits per heavy atom. The van der Waals surface area contributed by atoms with E-state index < -0.39 is 0 Å². The van der Waals surface area contributed by atoms with Gasteiger partial charge in [0.25, 0.3) is 0 Å². The maximum atomic E-state index is 5.27. The molecule has 0 spiro atoms. The number of rotatable bonds is 6. The van der Waals surface area contributed by atoms with Gasteiger partial charge in [0.15, 0.2) is 11.6 Å². The van der Waals surface area contributed by atoms with E-state index in [1.807, 2.05) is 31.2 Å². The van der Waals surface area contributed by atoms with Crippen molar-refractivity contribution in [1.82, 2.24) is 24.1 Å². The van der Waals surface area contributed by atoms with Crippen LogP contribution in [0.4, 0.5) is 0 Å². The molecule has 49 heavy (non-hydrogen) atoms. The van der Waals surface area contributed by atoms with Crippen LogP contribution in [0, 0.1) is 0 Å². The van der Waals surface area contributed by atoms with Gasteiger partial charge >= 0.3 is 0 Å². The molecule has 0 bridgehead atoms. The van der Waals surface area contributed by atoms with E-state index in [2.05, 4.69) is 137 Å². The van der Waals surface area contributed by atoms with E-state index in [1.165, 1.54) is 43.7 Å². The van der Waals surface area contributed by atoms with E-state index >= 15 is 0 Å². The van der Waals surface area contributed by atoms with E-state index in [1.54, 1.807) is 0 Å². The Kier molecular flexibility index (Phi) is 7.05. The molecule has 0 saturated carbocycles. The molecular formula is C44H35N5. The molecule has 3 aromatic heterocycles. The standard InChI is InChI=1S/C44H35N5/c1-3-14-30(15-4-2)42-45-43(31-17-6-5-7-18-31)47-44(46-42)49-39-23-13-11-21-35(39)37-27-26-36-34-20-10-12-22-38(34)48(40(36)41(37)49)33-25-24-29-16-8-9-19-32(29)28-33/h3,5-27,33H,4,28H2,1-2H3/b14-3-,30-15+. The van der Waals surface area contributed by atoms with Crippen LogP contribution in [0.25, 0.3) is 72.6 Å². The number of benzene rings is 5. The van der Waals surface area contributed by atoms with Gasteiger partial charge in [-0.05, 0) is 43.0 Å². The Morgan fingerprint density at radius 3 is 2.20 bits per heavy atom. The van der Waals surface area contributed by atoms with Gasteiger partial charge in [-0.1, -0.05) is 140 Å². The molecule has 1 aliphatic carbocycles. The maximum Gasteiger partial charge on any atom is 0.238 e. The summed E-state index contributed by atoms with van der Waals surface area (Å²) in [5, 5.41) is 4.80. The van der Waals surface area contributed by atoms with Crippen molar-refractivity contribution < 1.29 is 0 Å². The number of aromatic nitrogens is 5. The molecule has 0 amide bonds. The molecule has 5 aromatic carbocycles. The number of fused-ring (bicyclic) bond motifs is 8. The Morgan fingerprint density at radius 2 is 1.41 bits per heavy atom. The van der Waals surface area contributed by atoms with Crippen LogP contribution >= 0.6 is 0 Å². The predicted octanol–water partition coefficient (Wildman–Crippen LogP) is 10.9. The van der Waals surface area contributed by atoms with Crippen molar-refractivity contribution in [2.75, 3.05) is 0 Å². The van der Waals surface area contributed by atoms with Crippen molar-refractivity contribution in [3.63, 3.8) is 0 Å². The van der Waals surface area contributed by atoms with Crippen LogP contribution in [0.15, 0.2) is 140 Å². The summed E-state index contributed by atoms with van der Waals surface area (Å²) in [6.07, 6.45) is 12.8. The summed E-state index contributed by atoms with van der Waals surface area (Å²) in [4.78, 5) is 15.6. The second-order valence-electron chi connectivity index (χ2n) is 12.6. The second-order valence-corrected chi connectivity index (χ2v) is 12.6. The highest BCUT2D eigenvalue weighted by molar-refractivity contribution is 6.23. The van der Waals surface area contributed by atoms with E-state index in [9.17, 15) is 0 Å². The first-order chi connectivity index (χ1) is 24.2.